The number of anilines is 1. The molecule has 0 radical (unpaired) electrons. The van der Waals surface area contributed by atoms with Gasteiger partial charge in [-0.2, -0.15) is 5.10 Å². The fourth-order valence-corrected chi connectivity index (χ4v) is 1.69. The predicted molar refractivity (Wildman–Crippen MR) is 76.3 cm³/mol. The molecule has 0 atom stereocenters. The third kappa shape index (κ3) is 3.68. The zero-order valence-corrected chi connectivity index (χ0v) is 11.4. The highest BCUT2D eigenvalue weighted by molar-refractivity contribution is 6.04. The summed E-state index contributed by atoms with van der Waals surface area (Å²) in [7, 11) is 0. The van der Waals surface area contributed by atoms with Crippen LogP contribution in [-0.4, -0.2) is 27.8 Å². The highest BCUT2D eigenvalue weighted by Crippen LogP contribution is 2.15. The lowest BCUT2D eigenvalue weighted by molar-refractivity contribution is 0.102. The van der Waals surface area contributed by atoms with Crippen LogP contribution in [0.5, 0.6) is 0 Å². The molecule has 0 unspecified atom stereocenters. The molecular weight excluding hydrogens is 273 g/mol. The third-order valence-electron chi connectivity index (χ3n) is 2.76. The van der Waals surface area contributed by atoms with Crippen molar-refractivity contribution in [1.82, 2.24) is 10.2 Å². The third-order valence-corrected chi connectivity index (χ3v) is 2.76. The molecule has 6 heteroatoms. The van der Waals surface area contributed by atoms with Crippen LogP contribution in [0, 0.1) is 24.6 Å². The Hall–Kier alpha value is -2.65. The first-order valence-corrected chi connectivity index (χ1v) is 6.32. The number of halogens is 1. The number of hydrogen-bond acceptors (Lipinski definition) is 3. The number of aliphatic hydroxyl groups is 1. The van der Waals surface area contributed by atoms with E-state index in [4.69, 9.17) is 5.11 Å². The average Bonchev–Trinajstić information content (AvgIpc) is 2.88. The second-order valence-electron chi connectivity index (χ2n) is 4.33. The van der Waals surface area contributed by atoms with Crippen molar-refractivity contribution in [3.63, 3.8) is 0 Å². The predicted octanol–water partition coefficient (Wildman–Crippen LogP) is 1.84. The summed E-state index contributed by atoms with van der Waals surface area (Å²) in [5, 5.41) is 17.6. The maximum atomic E-state index is 13.8. The summed E-state index contributed by atoms with van der Waals surface area (Å²) in [6.45, 7) is 1.66. The highest BCUT2D eigenvalue weighted by Gasteiger charge is 2.11. The van der Waals surface area contributed by atoms with Crippen molar-refractivity contribution in [3.05, 3.63) is 47.0 Å². The maximum absolute atomic E-state index is 13.8. The van der Waals surface area contributed by atoms with Crippen LogP contribution in [0.1, 0.15) is 28.0 Å². The molecule has 0 aliphatic rings. The van der Waals surface area contributed by atoms with Crippen molar-refractivity contribution in [2.24, 2.45) is 0 Å². The molecular formula is C15H14FN3O2. The molecule has 0 bridgehead atoms. The fraction of sp³-hybridized carbons (Fsp3) is 0.200. The number of nitrogens with zero attached hydrogens (tertiary/aromatic N) is 1. The van der Waals surface area contributed by atoms with Crippen LogP contribution < -0.4 is 5.32 Å². The van der Waals surface area contributed by atoms with Gasteiger partial charge in [-0.1, -0.05) is 11.8 Å². The molecule has 108 valence electrons. The van der Waals surface area contributed by atoms with Crippen molar-refractivity contribution < 1.29 is 14.3 Å². The van der Waals surface area contributed by atoms with Crippen molar-refractivity contribution in [2.45, 2.75) is 13.3 Å². The van der Waals surface area contributed by atoms with Gasteiger partial charge < -0.3 is 10.4 Å². The van der Waals surface area contributed by atoms with Gasteiger partial charge in [-0.3, -0.25) is 9.89 Å². The SMILES string of the molecule is Cc1[nH]ncc1C(=O)Nc1ccc(C#CCCO)c(F)c1. The molecule has 3 N–H and O–H groups in total. The van der Waals surface area contributed by atoms with Gasteiger partial charge in [-0.05, 0) is 25.1 Å². The van der Waals surface area contributed by atoms with E-state index in [1.54, 1.807) is 13.0 Å². The lowest BCUT2D eigenvalue weighted by Gasteiger charge is -2.05. The summed E-state index contributed by atoms with van der Waals surface area (Å²) >= 11 is 0. The Kier molecular flexibility index (Phi) is 4.69. The molecule has 0 saturated heterocycles. The minimum Gasteiger partial charge on any atom is -0.395 e. The van der Waals surface area contributed by atoms with E-state index in [2.05, 4.69) is 27.4 Å². The van der Waals surface area contributed by atoms with Gasteiger partial charge in [0.25, 0.3) is 5.91 Å². The Labute approximate surface area is 121 Å². The molecule has 0 fully saturated rings. The van der Waals surface area contributed by atoms with E-state index < -0.39 is 5.82 Å². The summed E-state index contributed by atoms with van der Waals surface area (Å²) < 4.78 is 13.8. The van der Waals surface area contributed by atoms with Gasteiger partial charge in [0, 0.05) is 17.8 Å². The zero-order chi connectivity index (χ0) is 15.2. The molecule has 2 rings (SSSR count). The summed E-state index contributed by atoms with van der Waals surface area (Å²) in [6.07, 6.45) is 1.70. The van der Waals surface area contributed by atoms with E-state index >= 15 is 0 Å². The number of carbonyl (C=O) groups excluding carboxylic acids is 1. The van der Waals surface area contributed by atoms with Gasteiger partial charge in [0.1, 0.15) is 5.82 Å². The van der Waals surface area contributed by atoms with Gasteiger partial charge in [0.2, 0.25) is 0 Å². The second kappa shape index (κ2) is 6.68. The van der Waals surface area contributed by atoms with Crippen LogP contribution in [0.3, 0.4) is 0 Å². The molecule has 0 saturated carbocycles. The number of benzene rings is 1. The van der Waals surface area contributed by atoms with Gasteiger partial charge in [-0.15, -0.1) is 0 Å². The number of rotatable bonds is 3. The van der Waals surface area contributed by atoms with E-state index in [1.807, 2.05) is 0 Å². The summed E-state index contributed by atoms with van der Waals surface area (Å²) in [5.41, 5.74) is 1.61. The van der Waals surface area contributed by atoms with Gasteiger partial charge in [0.15, 0.2) is 0 Å². The van der Waals surface area contributed by atoms with Crippen LogP contribution in [-0.2, 0) is 0 Å². The van der Waals surface area contributed by atoms with E-state index in [0.717, 1.165) is 0 Å². The van der Waals surface area contributed by atoms with E-state index in [0.29, 0.717) is 16.9 Å². The van der Waals surface area contributed by atoms with Crippen molar-refractivity contribution >= 4 is 11.6 Å². The average molecular weight is 287 g/mol. The van der Waals surface area contributed by atoms with E-state index in [9.17, 15) is 9.18 Å². The van der Waals surface area contributed by atoms with Gasteiger partial charge >= 0.3 is 0 Å². The molecule has 0 aliphatic heterocycles. The number of nitrogens with one attached hydrogen (secondary N) is 2. The highest BCUT2D eigenvalue weighted by atomic mass is 19.1. The lowest BCUT2D eigenvalue weighted by Crippen LogP contribution is -2.12. The number of aromatic amines is 1. The first-order chi connectivity index (χ1) is 10.1. The number of carbonyl (C=O) groups is 1. The maximum Gasteiger partial charge on any atom is 0.259 e. The molecule has 21 heavy (non-hydrogen) atoms. The monoisotopic (exact) mass is 287 g/mol. The number of amides is 1. The Morgan fingerprint density at radius 3 is 2.95 bits per heavy atom. The number of aryl methyl sites for hydroxylation is 1. The van der Waals surface area contributed by atoms with Crippen LogP contribution >= 0.6 is 0 Å². The number of H-pyrrole nitrogens is 1. The first kappa shape index (κ1) is 14.8. The number of aromatic nitrogens is 2. The zero-order valence-electron chi connectivity index (χ0n) is 11.4. The van der Waals surface area contributed by atoms with Crippen molar-refractivity contribution in [3.8, 4) is 11.8 Å². The summed E-state index contributed by atoms with van der Waals surface area (Å²) in [5.74, 6) is 4.37. The molecule has 2 aromatic rings. The molecule has 1 amide bonds. The Balaban J connectivity index is 2.12. The van der Waals surface area contributed by atoms with Gasteiger partial charge in [0.05, 0.1) is 23.9 Å². The minimum atomic E-state index is -0.526. The van der Waals surface area contributed by atoms with Crippen molar-refractivity contribution in [1.29, 1.82) is 0 Å². The molecule has 1 aromatic heterocycles. The molecule has 0 spiro atoms. The Morgan fingerprint density at radius 2 is 2.33 bits per heavy atom. The Bertz CT molecular complexity index is 713. The minimum absolute atomic E-state index is 0.0627. The summed E-state index contributed by atoms with van der Waals surface area (Å²) in [6, 6.07) is 4.26. The number of hydrogen-bond donors (Lipinski definition) is 3. The first-order valence-electron chi connectivity index (χ1n) is 6.32. The normalized spacial score (nSPS) is 9.86. The lowest BCUT2D eigenvalue weighted by atomic mass is 10.1. The van der Waals surface area contributed by atoms with Crippen molar-refractivity contribution in [2.75, 3.05) is 11.9 Å². The number of aliphatic hydroxyl groups excluding tert-OH is 1. The molecule has 5 nitrogen and oxygen atoms in total. The van der Waals surface area contributed by atoms with E-state index in [1.165, 1.54) is 18.3 Å². The molecule has 1 heterocycles. The Morgan fingerprint density at radius 1 is 1.52 bits per heavy atom. The largest absolute Gasteiger partial charge is 0.395 e. The second-order valence-corrected chi connectivity index (χ2v) is 4.33. The summed E-state index contributed by atoms with van der Waals surface area (Å²) in [4.78, 5) is 12.0. The van der Waals surface area contributed by atoms with Crippen LogP contribution in [0.4, 0.5) is 10.1 Å². The fourth-order valence-electron chi connectivity index (χ4n) is 1.69. The van der Waals surface area contributed by atoms with Crippen LogP contribution in [0.15, 0.2) is 24.4 Å². The van der Waals surface area contributed by atoms with Gasteiger partial charge in [-0.25, -0.2) is 4.39 Å². The van der Waals surface area contributed by atoms with E-state index in [-0.39, 0.29) is 24.5 Å². The smallest absolute Gasteiger partial charge is 0.259 e. The molecule has 1 aromatic carbocycles. The van der Waals surface area contributed by atoms with Crippen LogP contribution in [0.2, 0.25) is 0 Å². The standard InChI is InChI=1S/C15H14FN3O2/c1-10-13(9-17-19-10)15(21)18-12-6-5-11(14(16)8-12)4-2-3-7-20/h5-6,8-9,20H,3,7H2,1H3,(H,17,19)(H,18,21). The van der Waals surface area contributed by atoms with Crippen LogP contribution in [0.25, 0.3) is 0 Å². The topological polar surface area (TPSA) is 78.0 Å². The molecule has 0 aliphatic carbocycles. The quantitative estimate of drug-likeness (QED) is 0.754.